The number of methoxy groups -OCH3 is 1. The number of hydrogen-bond donors (Lipinski definition) is 0. The lowest BCUT2D eigenvalue weighted by atomic mass is 9.99. The third-order valence-corrected chi connectivity index (χ3v) is 4.73. The van der Waals surface area contributed by atoms with Crippen LogP contribution in [0.25, 0.3) is 0 Å². The van der Waals surface area contributed by atoms with Gasteiger partial charge < -0.3 is 13.9 Å². The number of ether oxygens (including phenoxy) is 2. The SMILES string of the molecule is CCOc1cnc(C(C)N2CC[C@@H](Cc3cc(C)nc(OC)c3)C2)o1.S. The average molecular weight is 380 g/mol. The largest absolute Gasteiger partial charge is 0.481 e. The average Bonchev–Trinajstić information content (AvgIpc) is 3.24. The topological polar surface area (TPSA) is 60.6 Å². The summed E-state index contributed by atoms with van der Waals surface area (Å²) in [6.45, 7) is 8.77. The number of oxazole rings is 1. The lowest BCUT2D eigenvalue weighted by molar-refractivity contribution is 0.193. The van der Waals surface area contributed by atoms with E-state index < -0.39 is 0 Å². The molecule has 6 nitrogen and oxygen atoms in total. The lowest BCUT2D eigenvalue weighted by Crippen LogP contribution is -2.25. The zero-order valence-electron chi connectivity index (χ0n) is 16.0. The van der Waals surface area contributed by atoms with E-state index in [2.05, 4.69) is 27.9 Å². The predicted octanol–water partition coefficient (Wildman–Crippen LogP) is 3.52. The third kappa shape index (κ3) is 4.92. The summed E-state index contributed by atoms with van der Waals surface area (Å²) in [6, 6.07) is 4.35. The van der Waals surface area contributed by atoms with Gasteiger partial charge in [-0.2, -0.15) is 13.5 Å². The van der Waals surface area contributed by atoms with E-state index in [0.29, 0.717) is 24.4 Å². The van der Waals surface area contributed by atoms with Crippen LogP contribution in [0.15, 0.2) is 22.7 Å². The number of aromatic nitrogens is 2. The minimum atomic E-state index is 0. The Morgan fingerprint density at radius 1 is 1.38 bits per heavy atom. The molecule has 0 saturated carbocycles. The molecule has 0 amide bonds. The van der Waals surface area contributed by atoms with Crippen molar-refractivity contribution in [1.29, 1.82) is 0 Å². The van der Waals surface area contributed by atoms with Crippen molar-refractivity contribution in [3.63, 3.8) is 0 Å². The van der Waals surface area contributed by atoms with E-state index in [9.17, 15) is 0 Å². The van der Waals surface area contributed by atoms with Gasteiger partial charge in [0.05, 0.1) is 19.8 Å². The Labute approximate surface area is 162 Å². The van der Waals surface area contributed by atoms with E-state index in [1.165, 1.54) is 12.0 Å². The van der Waals surface area contributed by atoms with E-state index >= 15 is 0 Å². The normalized spacial score (nSPS) is 18.4. The van der Waals surface area contributed by atoms with Crippen molar-refractivity contribution in [2.75, 3.05) is 26.8 Å². The van der Waals surface area contributed by atoms with Crippen LogP contribution in [0.1, 0.15) is 43.5 Å². The zero-order valence-corrected chi connectivity index (χ0v) is 17.0. The van der Waals surface area contributed by atoms with Gasteiger partial charge in [0.2, 0.25) is 11.8 Å². The van der Waals surface area contributed by atoms with Crippen LogP contribution >= 0.6 is 13.5 Å². The van der Waals surface area contributed by atoms with Gasteiger partial charge >= 0.3 is 5.95 Å². The fourth-order valence-corrected chi connectivity index (χ4v) is 3.47. The van der Waals surface area contributed by atoms with Crippen LogP contribution in [0, 0.1) is 12.8 Å². The molecular formula is C19H29N3O3S. The molecule has 1 unspecified atom stereocenters. The molecule has 2 atom stereocenters. The Morgan fingerprint density at radius 2 is 2.19 bits per heavy atom. The molecule has 1 aliphatic heterocycles. The molecule has 0 spiro atoms. The number of nitrogens with zero attached hydrogens (tertiary/aromatic N) is 3. The molecule has 0 bridgehead atoms. The molecular weight excluding hydrogens is 350 g/mol. The molecule has 3 heterocycles. The Bertz CT molecular complexity index is 707. The van der Waals surface area contributed by atoms with Gasteiger partial charge in [-0.25, -0.2) is 9.97 Å². The van der Waals surface area contributed by atoms with Crippen molar-refractivity contribution in [1.82, 2.24) is 14.9 Å². The number of hydrogen-bond acceptors (Lipinski definition) is 6. The number of rotatable bonds is 7. The second-order valence-corrected chi connectivity index (χ2v) is 6.64. The molecule has 144 valence electrons. The molecule has 2 aromatic rings. The van der Waals surface area contributed by atoms with E-state index in [4.69, 9.17) is 13.9 Å². The molecule has 26 heavy (non-hydrogen) atoms. The summed E-state index contributed by atoms with van der Waals surface area (Å²) in [6.07, 6.45) is 3.88. The van der Waals surface area contributed by atoms with Crippen LogP contribution in [0.3, 0.4) is 0 Å². The Morgan fingerprint density at radius 3 is 2.92 bits per heavy atom. The molecule has 3 rings (SSSR count). The van der Waals surface area contributed by atoms with Crippen molar-refractivity contribution < 1.29 is 13.9 Å². The highest BCUT2D eigenvalue weighted by molar-refractivity contribution is 7.59. The first-order chi connectivity index (χ1) is 12.1. The Hall–Kier alpha value is -1.73. The molecule has 7 heteroatoms. The van der Waals surface area contributed by atoms with E-state index in [0.717, 1.165) is 31.1 Å². The summed E-state index contributed by atoms with van der Waals surface area (Å²) >= 11 is 0. The maximum Gasteiger partial charge on any atom is 0.305 e. The summed E-state index contributed by atoms with van der Waals surface area (Å²) < 4.78 is 16.4. The fraction of sp³-hybridized carbons (Fsp3) is 0.579. The summed E-state index contributed by atoms with van der Waals surface area (Å²) in [7, 11) is 1.66. The van der Waals surface area contributed by atoms with Crippen molar-refractivity contribution in [2.24, 2.45) is 5.92 Å². The highest BCUT2D eigenvalue weighted by atomic mass is 32.1. The van der Waals surface area contributed by atoms with Crippen LogP contribution < -0.4 is 9.47 Å². The predicted molar refractivity (Wildman–Crippen MR) is 105 cm³/mol. The maximum atomic E-state index is 5.70. The molecule has 2 aromatic heterocycles. The quantitative estimate of drug-likeness (QED) is 0.733. The minimum absolute atomic E-state index is 0. The van der Waals surface area contributed by atoms with E-state index in [-0.39, 0.29) is 19.5 Å². The standard InChI is InChI=1S/C19H27N3O3.H2S/c1-5-24-18-11-20-19(25-18)14(3)22-7-6-15(12-22)9-16-8-13(2)21-17(10-16)23-4;/h8,10-11,14-15H,5-7,9,12H2,1-4H3;1H2/t14?,15-;/m0./s1. The lowest BCUT2D eigenvalue weighted by Gasteiger charge is -2.21. The minimum Gasteiger partial charge on any atom is -0.481 e. The van der Waals surface area contributed by atoms with Crippen molar-refractivity contribution >= 4 is 13.5 Å². The molecule has 0 aromatic carbocycles. The molecule has 0 aliphatic carbocycles. The van der Waals surface area contributed by atoms with Crippen LogP contribution in [-0.4, -0.2) is 41.7 Å². The molecule has 1 saturated heterocycles. The van der Waals surface area contributed by atoms with E-state index in [1.54, 1.807) is 13.3 Å². The van der Waals surface area contributed by atoms with E-state index in [1.807, 2.05) is 19.9 Å². The van der Waals surface area contributed by atoms with Gasteiger partial charge in [0.15, 0.2) is 0 Å². The maximum absolute atomic E-state index is 5.70. The summed E-state index contributed by atoms with van der Waals surface area (Å²) in [5.41, 5.74) is 2.29. The van der Waals surface area contributed by atoms with Gasteiger partial charge in [0.25, 0.3) is 0 Å². The molecule has 1 fully saturated rings. The van der Waals surface area contributed by atoms with Crippen LogP contribution in [0.5, 0.6) is 11.8 Å². The third-order valence-electron chi connectivity index (χ3n) is 4.73. The van der Waals surface area contributed by atoms with Crippen molar-refractivity contribution in [3.05, 3.63) is 35.5 Å². The van der Waals surface area contributed by atoms with Gasteiger partial charge in [-0.1, -0.05) is 0 Å². The summed E-state index contributed by atoms with van der Waals surface area (Å²) in [5.74, 6) is 2.54. The zero-order chi connectivity index (χ0) is 17.8. The van der Waals surface area contributed by atoms with Gasteiger partial charge in [0, 0.05) is 18.3 Å². The first kappa shape index (κ1) is 20.6. The van der Waals surface area contributed by atoms with Crippen LogP contribution in [0.4, 0.5) is 0 Å². The van der Waals surface area contributed by atoms with Gasteiger partial charge in [-0.15, -0.1) is 0 Å². The summed E-state index contributed by atoms with van der Waals surface area (Å²) in [4.78, 5) is 11.2. The molecule has 0 N–H and O–H groups in total. The van der Waals surface area contributed by atoms with Gasteiger partial charge in [-0.05, 0) is 57.7 Å². The first-order valence-corrected chi connectivity index (χ1v) is 8.93. The second-order valence-electron chi connectivity index (χ2n) is 6.64. The van der Waals surface area contributed by atoms with Crippen molar-refractivity contribution in [3.8, 4) is 11.8 Å². The number of pyridine rings is 1. The smallest absolute Gasteiger partial charge is 0.305 e. The number of likely N-dealkylation sites (tertiary alicyclic amines) is 1. The summed E-state index contributed by atoms with van der Waals surface area (Å²) in [5, 5.41) is 0. The highest BCUT2D eigenvalue weighted by Crippen LogP contribution is 2.30. The second kappa shape index (κ2) is 9.28. The van der Waals surface area contributed by atoms with Crippen LogP contribution in [-0.2, 0) is 6.42 Å². The highest BCUT2D eigenvalue weighted by Gasteiger charge is 2.29. The molecule has 0 radical (unpaired) electrons. The number of aryl methyl sites for hydroxylation is 1. The Kier molecular flexibility index (Phi) is 7.34. The monoisotopic (exact) mass is 379 g/mol. The first-order valence-electron chi connectivity index (χ1n) is 8.93. The van der Waals surface area contributed by atoms with Gasteiger partial charge in [0.1, 0.15) is 6.20 Å². The van der Waals surface area contributed by atoms with Crippen LogP contribution in [0.2, 0.25) is 0 Å². The Balaban J connectivity index is 0.00000243. The van der Waals surface area contributed by atoms with Crippen molar-refractivity contribution in [2.45, 2.75) is 39.7 Å². The van der Waals surface area contributed by atoms with Gasteiger partial charge in [-0.3, -0.25) is 4.90 Å². The fourth-order valence-electron chi connectivity index (χ4n) is 3.47. The molecule has 1 aliphatic rings.